The van der Waals surface area contributed by atoms with E-state index in [0.29, 0.717) is 42.3 Å². The number of likely N-dealkylation sites (N-methyl/N-ethyl adjacent to an activating group) is 1. The van der Waals surface area contributed by atoms with Crippen LogP contribution in [0.2, 0.25) is 0 Å². The minimum absolute atomic E-state index is 0.0268. The van der Waals surface area contributed by atoms with E-state index in [1.807, 2.05) is 27.7 Å². The molecule has 9 heteroatoms. The Balaban J connectivity index is 2.06. The van der Waals surface area contributed by atoms with E-state index in [1.54, 1.807) is 42.5 Å². The number of aryl methyl sites for hydroxylation is 1. The van der Waals surface area contributed by atoms with E-state index in [1.165, 1.54) is 4.90 Å². The van der Waals surface area contributed by atoms with Gasteiger partial charge in [-0.25, -0.2) is 0 Å². The van der Waals surface area contributed by atoms with Gasteiger partial charge in [-0.2, -0.15) is 0 Å². The summed E-state index contributed by atoms with van der Waals surface area (Å²) in [4.78, 5) is 41.2. The smallest absolute Gasteiger partial charge is 0.295 e. The maximum atomic E-state index is 13.3. The van der Waals surface area contributed by atoms with Gasteiger partial charge in [0.25, 0.3) is 17.6 Å². The van der Waals surface area contributed by atoms with Gasteiger partial charge in [0.15, 0.2) is 6.61 Å². The standard InChI is InChI=1S/C28H35N3O6/c1-5-30(6-2)14-15-31-25(19-8-11-21(12-9-19)37-17-23(29)32)24(27(34)28(31)35)26(33)20-10-13-22(36-7-3)18(4)16-20/h8-13,16,25,33H,5-7,14-15,17H2,1-4H3,(H2,29,32). The molecule has 2 amide bonds. The molecule has 0 saturated carbocycles. The van der Waals surface area contributed by atoms with E-state index in [4.69, 9.17) is 15.2 Å². The van der Waals surface area contributed by atoms with Crippen LogP contribution in [0.4, 0.5) is 0 Å². The molecule has 1 unspecified atom stereocenters. The SMILES string of the molecule is CCOc1ccc(C(O)=C2C(=O)C(=O)N(CCN(CC)CC)C2c2ccc(OCC(N)=O)cc2)cc1C. The van der Waals surface area contributed by atoms with Crippen LogP contribution in [0.25, 0.3) is 5.76 Å². The highest BCUT2D eigenvalue weighted by Gasteiger charge is 2.46. The molecule has 1 fully saturated rings. The fraction of sp³-hybridized carbons (Fsp3) is 0.393. The molecule has 0 spiro atoms. The number of nitrogens with two attached hydrogens (primary N) is 1. The number of hydrogen-bond donors (Lipinski definition) is 2. The van der Waals surface area contributed by atoms with Crippen LogP contribution in [0.15, 0.2) is 48.0 Å². The molecule has 1 atom stereocenters. The Labute approximate surface area is 217 Å². The fourth-order valence-corrected chi connectivity index (χ4v) is 4.42. The number of carbonyl (C=O) groups is 3. The molecule has 0 bridgehead atoms. The normalized spacial score (nSPS) is 16.9. The van der Waals surface area contributed by atoms with Crippen LogP contribution in [0.3, 0.4) is 0 Å². The summed E-state index contributed by atoms with van der Waals surface area (Å²) in [5.41, 5.74) is 7.04. The number of amides is 2. The van der Waals surface area contributed by atoms with E-state index in [0.717, 1.165) is 18.7 Å². The van der Waals surface area contributed by atoms with Gasteiger partial charge in [0.05, 0.1) is 18.2 Å². The average Bonchev–Trinajstić information content (AvgIpc) is 3.14. The molecule has 3 rings (SSSR count). The predicted molar refractivity (Wildman–Crippen MR) is 140 cm³/mol. The number of primary amides is 1. The number of hydrogen-bond acceptors (Lipinski definition) is 7. The first-order valence-corrected chi connectivity index (χ1v) is 12.5. The van der Waals surface area contributed by atoms with Crippen LogP contribution < -0.4 is 15.2 Å². The number of rotatable bonds is 12. The number of aliphatic hydroxyl groups is 1. The van der Waals surface area contributed by atoms with Gasteiger partial charge in [0, 0.05) is 18.7 Å². The van der Waals surface area contributed by atoms with Crippen LogP contribution in [0.5, 0.6) is 11.5 Å². The van der Waals surface area contributed by atoms with Crippen molar-refractivity contribution in [2.45, 2.75) is 33.7 Å². The van der Waals surface area contributed by atoms with Crippen LogP contribution in [-0.4, -0.2) is 71.9 Å². The molecule has 1 heterocycles. The quantitative estimate of drug-likeness (QED) is 0.256. The maximum Gasteiger partial charge on any atom is 0.295 e. The summed E-state index contributed by atoms with van der Waals surface area (Å²) in [6.07, 6.45) is 0. The number of benzene rings is 2. The molecule has 198 valence electrons. The van der Waals surface area contributed by atoms with E-state index in [9.17, 15) is 19.5 Å². The Morgan fingerprint density at radius 1 is 1.05 bits per heavy atom. The van der Waals surface area contributed by atoms with Gasteiger partial charge in [-0.05, 0) is 68.4 Å². The number of likely N-dealkylation sites (tertiary alicyclic amines) is 1. The molecule has 0 aromatic heterocycles. The summed E-state index contributed by atoms with van der Waals surface area (Å²) in [6.45, 7) is 10.6. The molecular weight excluding hydrogens is 474 g/mol. The third kappa shape index (κ3) is 6.29. The predicted octanol–water partition coefficient (Wildman–Crippen LogP) is 3.02. The van der Waals surface area contributed by atoms with Gasteiger partial charge in [-0.3, -0.25) is 14.4 Å². The van der Waals surface area contributed by atoms with Crippen molar-refractivity contribution in [2.75, 3.05) is 39.4 Å². The number of carbonyl (C=O) groups excluding carboxylic acids is 3. The third-order valence-electron chi connectivity index (χ3n) is 6.42. The molecule has 9 nitrogen and oxygen atoms in total. The first-order chi connectivity index (χ1) is 17.7. The lowest BCUT2D eigenvalue weighted by Gasteiger charge is -2.28. The fourth-order valence-electron chi connectivity index (χ4n) is 4.42. The highest BCUT2D eigenvalue weighted by molar-refractivity contribution is 6.46. The highest BCUT2D eigenvalue weighted by Crippen LogP contribution is 2.40. The van der Waals surface area contributed by atoms with Gasteiger partial charge >= 0.3 is 0 Å². The van der Waals surface area contributed by atoms with Crippen molar-refractivity contribution in [2.24, 2.45) is 5.73 Å². The van der Waals surface area contributed by atoms with Gasteiger partial charge in [0.2, 0.25) is 0 Å². The summed E-state index contributed by atoms with van der Waals surface area (Å²) in [5.74, 6) is -1.13. The van der Waals surface area contributed by atoms with Crippen molar-refractivity contribution in [3.63, 3.8) is 0 Å². The molecule has 2 aromatic rings. The Morgan fingerprint density at radius 3 is 2.30 bits per heavy atom. The Bertz CT molecular complexity index is 1170. The molecule has 1 saturated heterocycles. The lowest BCUT2D eigenvalue weighted by atomic mass is 9.94. The van der Waals surface area contributed by atoms with Gasteiger partial charge in [0.1, 0.15) is 17.3 Å². The lowest BCUT2D eigenvalue weighted by molar-refractivity contribution is -0.140. The Kier molecular flexibility index (Phi) is 9.30. The van der Waals surface area contributed by atoms with Gasteiger partial charge < -0.3 is 30.1 Å². The average molecular weight is 510 g/mol. The summed E-state index contributed by atoms with van der Waals surface area (Å²) in [5, 5.41) is 11.3. The zero-order valence-corrected chi connectivity index (χ0v) is 21.8. The summed E-state index contributed by atoms with van der Waals surface area (Å²) >= 11 is 0. The number of aliphatic hydroxyl groups excluding tert-OH is 1. The van der Waals surface area contributed by atoms with E-state index in [2.05, 4.69) is 4.90 Å². The van der Waals surface area contributed by atoms with Crippen LogP contribution in [0, 0.1) is 6.92 Å². The minimum Gasteiger partial charge on any atom is -0.507 e. The van der Waals surface area contributed by atoms with Crippen LogP contribution in [-0.2, 0) is 14.4 Å². The molecule has 2 aromatic carbocycles. The second kappa shape index (κ2) is 12.4. The van der Waals surface area contributed by atoms with E-state index in [-0.39, 0.29) is 17.9 Å². The lowest BCUT2D eigenvalue weighted by Crippen LogP contribution is -2.38. The number of nitrogens with zero attached hydrogens (tertiary/aromatic N) is 2. The van der Waals surface area contributed by atoms with E-state index >= 15 is 0 Å². The van der Waals surface area contributed by atoms with Crippen molar-refractivity contribution in [1.29, 1.82) is 0 Å². The van der Waals surface area contributed by atoms with Gasteiger partial charge in [-0.15, -0.1) is 0 Å². The maximum absolute atomic E-state index is 13.3. The van der Waals surface area contributed by atoms with Crippen molar-refractivity contribution in [3.05, 3.63) is 64.7 Å². The van der Waals surface area contributed by atoms with Crippen LogP contribution in [0.1, 0.15) is 43.5 Å². The second-order valence-electron chi connectivity index (χ2n) is 8.76. The van der Waals surface area contributed by atoms with Gasteiger partial charge in [-0.1, -0.05) is 26.0 Å². The molecule has 1 aliphatic heterocycles. The first-order valence-electron chi connectivity index (χ1n) is 12.5. The summed E-state index contributed by atoms with van der Waals surface area (Å²) in [6, 6.07) is 11.1. The highest BCUT2D eigenvalue weighted by atomic mass is 16.5. The molecule has 0 radical (unpaired) electrons. The zero-order valence-electron chi connectivity index (χ0n) is 21.8. The molecule has 37 heavy (non-hydrogen) atoms. The minimum atomic E-state index is -0.785. The van der Waals surface area contributed by atoms with Crippen LogP contribution >= 0.6 is 0 Å². The Morgan fingerprint density at radius 2 is 1.73 bits per heavy atom. The third-order valence-corrected chi connectivity index (χ3v) is 6.42. The molecule has 0 aliphatic carbocycles. The second-order valence-corrected chi connectivity index (χ2v) is 8.76. The first kappa shape index (κ1) is 27.7. The van der Waals surface area contributed by atoms with Crippen molar-refractivity contribution < 1.29 is 29.0 Å². The number of ether oxygens (including phenoxy) is 2. The zero-order chi connectivity index (χ0) is 27.1. The Hall–Kier alpha value is -3.85. The number of Topliss-reactive ketones (excluding diaryl/α,β-unsaturated/α-hetero) is 1. The molecule has 3 N–H and O–H groups in total. The van der Waals surface area contributed by atoms with Crippen molar-refractivity contribution >= 4 is 23.4 Å². The number of ketones is 1. The summed E-state index contributed by atoms with van der Waals surface area (Å²) < 4.78 is 10.9. The van der Waals surface area contributed by atoms with E-state index < -0.39 is 23.6 Å². The van der Waals surface area contributed by atoms with Crippen molar-refractivity contribution in [1.82, 2.24) is 9.80 Å². The topological polar surface area (TPSA) is 122 Å². The largest absolute Gasteiger partial charge is 0.507 e. The van der Waals surface area contributed by atoms with Crippen molar-refractivity contribution in [3.8, 4) is 11.5 Å². The molecular formula is C28H35N3O6. The molecule has 1 aliphatic rings. The summed E-state index contributed by atoms with van der Waals surface area (Å²) in [7, 11) is 0. The monoisotopic (exact) mass is 509 g/mol.